The van der Waals surface area contributed by atoms with Crippen LogP contribution in [0.2, 0.25) is 0 Å². The van der Waals surface area contributed by atoms with E-state index in [4.69, 9.17) is 4.74 Å². The Bertz CT molecular complexity index is 696. The summed E-state index contributed by atoms with van der Waals surface area (Å²) in [4.78, 5) is 37.9. The van der Waals surface area contributed by atoms with Gasteiger partial charge in [-0.05, 0) is 49.5 Å². The zero-order chi connectivity index (χ0) is 19.8. The van der Waals surface area contributed by atoms with Crippen molar-refractivity contribution in [3.8, 4) is 0 Å². The highest BCUT2D eigenvalue weighted by Crippen LogP contribution is 2.28. The van der Waals surface area contributed by atoms with Crippen molar-refractivity contribution in [1.29, 1.82) is 0 Å². The second-order valence-electron chi connectivity index (χ2n) is 6.45. The summed E-state index contributed by atoms with van der Waals surface area (Å²) in [5, 5.41) is 5.20. The number of carbonyl (C=O) groups excluding carboxylic acids is 3. The molecule has 1 atom stereocenters. The summed E-state index contributed by atoms with van der Waals surface area (Å²) in [5.41, 5.74) is 2.21. The van der Waals surface area contributed by atoms with E-state index in [1.54, 1.807) is 35.9 Å². The summed E-state index contributed by atoms with van der Waals surface area (Å²) < 4.78 is 5.30. The van der Waals surface area contributed by atoms with Gasteiger partial charge in [0.25, 0.3) is 0 Å². The lowest BCUT2D eigenvalue weighted by Gasteiger charge is -2.19. The van der Waals surface area contributed by atoms with Crippen LogP contribution < -0.4 is 15.5 Å². The van der Waals surface area contributed by atoms with Crippen LogP contribution in [0.25, 0.3) is 0 Å². The number of methoxy groups -OCH3 is 1. The predicted molar refractivity (Wildman–Crippen MR) is 108 cm³/mol. The Morgan fingerprint density at radius 1 is 1.33 bits per heavy atom. The molecule has 0 saturated carbocycles. The quantitative estimate of drug-likeness (QED) is 0.659. The van der Waals surface area contributed by atoms with E-state index in [2.05, 4.69) is 10.6 Å². The molecular formula is C19H27N3O4S. The van der Waals surface area contributed by atoms with Gasteiger partial charge in [-0.2, -0.15) is 11.8 Å². The van der Waals surface area contributed by atoms with Crippen molar-refractivity contribution in [2.45, 2.75) is 32.3 Å². The molecule has 1 aliphatic rings. The van der Waals surface area contributed by atoms with Gasteiger partial charge in [0.2, 0.25) is 5.91 Å². The first-order chi connectivity index (χ1) is 13.0. The Morgan fingerprint density at radius 2 is 2.11 bits per heavy atom. The number of anilines is 2. The van der Waals surface area contributed by atoms with Gasteiger partial charge < -0.3 is 20.3 Å². The van der Waals surface area contributed by atoms with Gasteiger partial charge in [-0.15, -0.1) is 0 Å². The zero-order valence-corrected chi connectivity index (χ0v) is 16.9. The number of carbonyl (C=O) groups is 3. The summed E-state index contributed by atoms with van der Waals surface area (Å²) in [6.45, 7) is 2.87. The number of aryl methyl sites for hydroxylation is 1. The molecule has 0 aliphatic carbocycles. The van der Waals surface area contributed by atoms with Gasteiger partial charge in [-0.25, -0.2) is 0 Å². The number of rotatable bonds is 8. The van der Waals surface area contributed by atoms with Crippen molar-refractivity contribution < 1.29 is 19.1 Å². The molecule has 8 heteroatoms. The van der Waals surface area contributed by atoms with E-state index in [0.717, 1.165) is 29.8 Å². The van der Waals surface area contributed by atoms with Crippen LogP contribution >= 0.6 is 11.8 Å². The van der Waals surface area contributed by atoms with Gasteiger partial charge in [-0.3, -0.25) is 14.4 Å². The van der Waals surface area contributed by atoms with E-state index in [1.807, 2.05) is 19.2 Å². The van der Waals surface area contributed by atoms with Gasteiger partial charge in [0, 0.05) is 38.0 Å². The van der Waals surface area contributed by atoms with E-state index in [-0.39, 0.29) is 18.6 Å². The van der Waals surface area contributed by atoms with Crippen molar-refractivity contribution >= 4 is 40.9 Å². The highest BCUT2D eigenvalue weighted by atomic mass is 32.2. The average Bonchev–Trinajstić information content (AvgIpc) is 3.08. The fourth-order valence-corrected chi connectivity index (χ4v) is 3.41. The molecule has 0 spiro atoms. The Kier molecular flexibility index (Phi) is 8.12. The first-order valence-electron chi connectivity index (χ1n) is 8.98. The lowest BCUT2D eigenvalue weighted by molar-refractivity contribution is -0.136. The van der Waals surface area contributed by atoms with Crippen molar-refractivity contribution in [1.82, 2.24) is 5.32 Å². The molecule has 1 unspecified atom stereocenters. The van der Waals surface area contributed by atoms with Gasteiger partial charge in [-0.1, -0.05) is 6.07 Å². The van der Waals surface area contributed by atoms with Crippen molar-refractivity contribution in [2.24, 2.45) is 0 Å². The monoisotopic (exact) mass is 393 g/mol. The maximum absolute atomic E-state index is 12.2. The van der Waals surface area contributed by atoms with Crippen LogP contribution in [0.4, 0.5) is 11.4 Å². The number of nitrogens with zero attached hydrogens (tertiary/aromatic N) is 1. The molecule has 1 saturated heterocycles. The Hall–Kier alpha value is -2.06. The SMILES string of the molecule is COC(CCSC)CNC(=O)C(=O)Nc1ccc(C)c(N2CCCC2=O)c1. The van der Waals surface area contributed by atoms with Crippen molar-refractivity contribution in [2.75, 3.05) is 42.4 Å². The Morgan fingerprint density at radius 3 is 2.74 bits per heavy atom. The zero-order valence-electron chi connectivity index (χ0n) is 16.0. The van der Waals surface area contributed by atoms with Crippen LogP contribution in [0.1, 0.15) is 24.8 Å². The van der Waals surface area contributed by atoms with Gasteiger partial charge in [0.1, 0.15) is 0 Å². The smallest absolute Gasteiger partial charge is 0.313 e. The maximum atomic E-state index is 12.2. The molecule has 2 N–H and O–H groups in total. The van der Waals surface area contributed by atoms with E-state index in [1.165, 1.54) is 0 Å². The average molecular weight is 394 g/mol. The van der Waals surface area contributed by atoms with Crippen LogP contribution in [-0.2, 0) is 19.1 Å². The van der Waals surface area contributed by atoms with Crippen LogP contribution in [-0.4, -0.2) is 56.0 Å². The number of ether oxygens (including phenoxy) is 1. The van der Waals surface area contributed by atoms with Crippen LogP contribution in [0, 0.1) is 6.92 Å². The first-order valence-corrected chi connectivity index (χ1v) is 10.4. The van der Waals surface area contributed by atoms with E-state index in [0.29, 0.717) is 18.7 Å². The maximum Gasteiger partial charge on any atom is 0.313 e. The fraction of sp³-hybridized carbons (Fsp3) is 0.526. The normalized spacial score (nSPS) is 14.9. The van der Waals surface area contributed by atoms with E-state index < -0.39 is 11.8 Å². The van der Waals surface area contributed by atoms with Crippen LogP contribution in [0.15, 0.2) is 18.2 Å². The lowest BCUT2D eigenvalue weighted by Crippen LogP contribution is -2.40. The minimum Gasteiger partial charge on any atom is -0.380 e. The molecule has 1 aromatic carbocycles. The number of nitrogens with one attached hydrogen (secondary N) is 2. The minimum atomic E-state index is -0.739. The summed E-state index contributed by atoms with van der Waals surface area (Å²) >= 11 is 1.70. The van der Waals surface area contributed by atoms with Gasteiger partial charge in [0.15, 0.2) is 0 Å². The molecule has 0 bridgehead atoms. The van der Waals surface area contributed by atoms with Crippen molar-refractivity contribution in [3.05, 3.63) is 23.8 Å². The fourth-order valence-electron chi connectivity index (χ4n) is 2.91. The summed E-state index contributed by atoms with van der Waals surface area (Å²) in [6, 6.07) is 5.29. The molecule has 148 valence electrons. The Labute approximate surface area is 164 Å². The number of amides is 3. The third-order valence-electron chi connectivity index (χ3n) is 4.51. The minimum absolute atomic E-state index is 0.0789. The number of hydrogen-bond acceptors (Lipinski definition) is 5. The number of benzene rings is 1. The van der Waals surface area contributed by atoms with Gasteiger partial charge >= 0.3 is 11.8 Å². The van der Waals surface area contributed by atoms with Crippen molar-refractivity contribution in [3.63, 3.8) is 0 Å². The molecule has 7 nitrogen and oxygen atoms in total. The highest BCUT2D eigenvalue weighted by Gasteiger charge is 2.24. The van der Waals surface area contributed by atoms with Crippen LogP contribution in [0.5, 0.6) is 0 Å². The molecule has 3 amide bonds. The molecule has 2 rings (SSSR count). The number of thioether (sulfide) groups is 1. The summed E-state index contributed by atoms with van der Waals surface area (Å²) in [7, 11) is 1.59. The molecule has 0 radical (unpaired) electrons. The van der Waals surface area contributed by atoms with E-state index >= 15 is 0 Å². The lowest BCUT2D eigenvalue weighted by atomic mass is 10.1. The molecule has 27 heavy (non-hydrogen) atoms. The van der Waals surface area contributed by atoms with Crippen LogP contribution in [0.3, 0.4) is 0 Å². The predicted octanol–water partition coefficient (Wildman–Crippen LogP) is 1.94. The third kappa shape index (κ3) is 5.97. The largest absolute Gasteiger partial charge is 0.380 e. The van der Waals surface area contributed by atoms with Gasteiger partial charge in [0.05, 0.1) is 6.10 Å². The second kappa shape index (κ2) is 10.3. The highest BCUT2D eigenvalue weighted by molar-refractivity contribution is 7.98. The molecule has 1 aliphatic heterocycles. The Balaban J connectivity index is 1.94. The van der Waals surface area contributed by atoms with E-state index in [9.17, 15) is 14.4 Å². The topological polar surface area (TPSA) is 87.7 Å². The second-order valence-corrected chi connectivity index (χ2v) is 7.44. The molecule has 0 aromatic heterocycles. The standard InChI is InChI=1S/C19H27N3O4S/c1-13-6-7-14(11-16(13)22-9-4-5-17(22)23)21-19(25)18(24)20-12-15(26-2)8-10-27-3/h6-7,11,15H,4-5,8-10,12H2,1-3H3,(H,20,24)(H,21,25). The molecular weight excluding hydrogens is 366 g/mol. The molecule has 1 heterocycles. The first kappa shape index (κ1) is 21.2. The number of hydrogen-bond donors (Lipinski definition) is 2. The third-order valence-corrected chi connectivity index (χ3v) is 5.15. The molecule has 1 fully saturated rings. The molecule has 1 aromatic rings. The summed E-state index contributed by atoms with van der Waals surface area (Å²) in [6.07, 6.45) is 4.04. The summed E-state index contributed by atoms with van der Waals surface area (Å²) in [5.74, 6) is -0.449.